The van der Waals surface area contributed by atoms with Crippen molar-refractivity contribution in [2.45, 2.75) is 33.2 Å². The Labute approximate surface area is 164 Å². The molecule has 2 N–H and O–H groups in total. The maximum Gasteiger partial charge on any atom is 0.276 e. The first-order chi connectivity index (χ1) is 13.5. The number of benzene rings is 2. The van der Waals surface area contributed by atoms with Gasteiger partial charge in [-0.1, -0.05) is 42.3 Å². The Bertz CT molecular complexity index is 959. The van der Waals surface area contributed by atoms with Crippen LogP contribution in [0.3, 0.4) is 0 Å². The number of amides is 2. The molecule has 6 heteroatoms. The molecule has 3 aromatic rings. The van der Waals surface area contributed by atoms with E-state index in [2.05, 4.69) is 15.7 Å². The average Bonchev–Trinajstić information content (AvgIpc) is 3.16. The van der Waals surface area contributed by atoms with Crippen LogP contribution in [0.5, 0.6) is 0 Å². The van der Waals surface area contributed by atoms with Crippen LogP contribution in [0.2, 0.25) is 0 Å². The first-order valence-electron chi connectivity index (χ1n) is 9.27. The van der Waals surface area contributed by atoms with Gasteiger partial charge in [-0.15, -0.1) is 0 Å². The predicted molar refractivity (Wildman–Crippen MR) is 110 cm³/mol. The summed E-state index contributed by atoms with van der Waals surface area (Å²) in [6.45, 7) is 5.89. The van der Waals surface area contributed by atoms with Gasteiger partial charge >= 0.3 is 0 Å². The standard InChI is InChI=1S/C22H24N4O2/c1-4-20(22(28)24-18-11-7-16(3)8-12-18)26-14-13-19(25-26)21(27)23-17-9-5-15(2)6-10-17/h5-14,20H,4H2,1-3H3,(H,23,27)(H,24,28)/t20-/m0/s1. The molecular weight excluding hydrogens is 352 g/mol. The van der Waals surface area contributed by atoms with Crippen LogP contribution in [-0.4, -0.2) is 21.6 Å². The van der Waals surface area contributed by atoms with Crippen LogP contribution in [0.1, 0.15) is 41.0 Å². The number of nitrogens with zero attached hydrogens (tertiary/aromatic N) is 2. The molecule has 0 aliphatic carbocycles. The van der Waals surface area contributed by atoms with Crippen molar-refractivity contribution in [3.63, 3.8) is 0 Å². The Kier molecular flexibility index (Phi) is 5.89. The summed E-state index contributed by atoms with van der Waals surface area (Å²) < 4.78 is 1.54. The highest BCUT2D eigenvalue weighted by atomic mass is 16.2. The van der Waals surface area contributed by atoms with E-state index in [0.717, 1.165) is 16.8 Å². The lowest BCUT2D eigenvalue weighted by molar-refractivity contribution is -0.119. The van der Waals surface area contributed by atoms with E-state index >= 15 is 0 Å². The van der Waals surface area contributed by atoms with Gasteiger partial charge in [0, 0.05) is 17.6 Å². The van der Waals surface area contributed by atoms with E-state index in [4.69, 9.17) is 0 Å². The molecule has 0 spiro atoms. The highest BCUT2D eigenvalue weighted by Gasteiger charge is 2.21. The van der Waals surface area contributed by atoms with Gasteiger partial charge in [-0.3, -0.25) is 14.3 Å². The van der Waals surface area contributed by atoms with Gasteiger partial charge in [-0.2, -0.15) is 5.10 Å². The van der Waals surface area contributed by atoms with Gasteiger partial charge in [-0.25, -0.2) is 0 Å². The van der Waals surface area contributed by atoms with Crippen molar-refractivity contribution < 1.29 is 9.59 Å². The van der Waals surface area contributed by atoms with Crippen LogP contribution in [0, 0.1) is 13.8 Å². The summed E-state index contributed by atoms with van der Waals surface area (Å²) in [6, 6.07) is 16.3. The lowest BCUT2D eigenvalue weighted by Crippen LogP contribution is -2.26. The van der Waals surface area contributed by atoms with Crippen molar-refractivity contribution in [1.82, 2.24) is 9.78 Å². The number of hydrogen-bond acceptors (Lipinski definition) is 3. The number of anilines is 2. The zero-order valence-electron chi connectivity index (χ0n) is 16.3. The molecule has 0 bridgehead atoms. The normalized spacial score (nSPS) is 11.7. The quantitative estimate of drug-likeness (QED) is 0.672. The van der Waals surface area contributed by atoms with Crippen molar-refractivity contribution in [3.8, 4) is 0 Å². The molecule has 1 atom stereocenters. The van der Waals surface area contributed by atoms with Crippen molar-refractivity contribution in [3.05, 3.63) is 77.6 Å². The molecule has 2 aromatic carbocycles. The third-order valence-corrected chi connectivity index (χ3v) is 4.48. The van der Waals surface area contributed by atoms with Gasteiger partial charge < -0.3 is 10.6 Å². The Balaban J connectivity index is 1.69. The van der Waals surface area contributed by atoms with Crippen LogP contribution >= 0.6 is 0 Å². The highest BCUT2D eigenvalue weighted by molar-refractivity contribution is 6.02. The maximum absolute atomic E-state index is 12.7. The number of carbonyl (C=O) groups is 2. The van der Waals surface area contributed by atoms with Crippen LogP contribution in [0.4, 0.5) is 11.4 Å². The fourth-order valence-electron chi connectivity index (χ4n) is 2.82. The Morgan fingerprint density at radius 2 is 1.43 bits per heavy atom. The van der Waals surface area contributed by atoms with Gasteiger partial charge in [-0.05, 0) is 50.6 Å². The molecule has 28 heavy (non-hydrogen) atoms. The van der Waals surface area contributed by atoms with Crippen LogP contribution < -0.4 is 10.6 Å². The van der Waals surface area contributed by atoms with Crippen molar-refractivity contribution in [1.29, 1.82) is 0 Å². The highest BCUT2D eigenvalue weighted by Crippen LogP contribution is 2.17. The van der Waals surface area contributed by atoms with Crippen LogP contribution in [0.15, 0.2) is 60.8 Å². The molecule has 0 fully saturated rings. The number of carbonyl (C=O) groups excluding carboxylic acids is 2. The molecule has 6 nitrogen and oxygen atoms in total. The topological polar surface area (TPSA) is 76.0 Å². The number of aryl methyl sites for hydroxylation is 2. The maximum atomic E-state index is 12.7. The summed E-state index contributed by atoms with van der Waals surface area (Å²) >= 11 is 0. The van der Waals surface area contributed by atoms with Gasteiger partial charge in [0.05, 0.1) is 0 Å². The smallest absolute Gasteiger partial charge is 0.276 e. The van der Waals surface area contributed by atoms with E-state index in [1.165, 1.54) is 4.68 Å². The average molecular weight is 376 g/mol. The van der Waals surface area contributed by atoms with Gasteiger partial charge in [0.1, 0.15) is 6.04 Å². The fraction of sp³-hybridized carbons (Fsp3) is 0.227. The number of nitrogens with one attached hydrogen (secondary N) is 2. The first-order valence-corrected chi connectivity index (χ1v) is 9.27. The SMILES string of the molecule is CC[C@@H](C(=O)Nc1ccc(C)cc1)n1ccc(C(=O)Nc2ccc(C)cc2)n1. The summed E-state index contributed by atoms with van der Waals surface area (Å²) in [6.07, 6.45) is 2.21. The third-order valence-electron chi connectivity index (χ3n) is 4.48. The summed E-state index contributed by atoms with van der Waals surface area (Å²) in [5.41, 5.74) is 3.95. The minimum atomic E-state index is -0.498. The molecule has 0 saturated carbocycles. The molecule has 0 aliphatic rings. The molecule has 0 unspecified atom stereocenters. The third kappa shape index (κ3) is 4.65. The predicted octanol–water partition coefficient (Wildman–Crippen LogP) is 4.34. The zero-order valence-corrected chi connectivity index (χ0v) is 16.3. The fourth-order valence-corrected chi connectivity index (χ4v) is 2.82. The van der Waals surface area contributed by atoms with E-state index in [-0.39, 0.29) is 17.5 Å². The molecule has 1 heterocycles. The van der Waals surface area contributed by atoms with E-state index in [9.17, 15) is 9.59 Å². The molecule has 0 aliphatic heterocycles. The first kappa shape index (κ1) is 19.4. The molecular formula is C22H24N4O2. The molecule has 144 valence electrons. The molecule has 2 amide bonds. The zero-order chi connectivity index (χ0) is 20.1. The summed E-state index contributed by atoms with van der Waals surface area (Å²) in [5, 5.41) is 10.0. The lowest BCUT2D eigenvalue weighted by atomic mass is 10.2. The van der Waals surface area contributed by atoms with Crippen LogP contribution in [-0.2, 0) is 4.79 Å². The van der Waals surface area contributed by atoms with E-state index in [1.54, 1.807) is 12.3 Å². The van der Waals surface area contributed by atoms with E-state index in [1.807, 2.05) is 69.3 Å². The van der Waals surface area contributed by atoms with Crippen molar-refractivity contribution in [2.24, 2.45) is 0 Å². The minimum Gasteiger partial charge on any atom is -0.324 e. The second kappa shape index (κ2) is 8.52. The molecule has 1 aromatic heterocycles. The monoisotopic (exact) mass is 376 g/mol. The Morgan fingerprint density at radius 1 is 0.893 bits per heavy atom. The largest absolute Gasteiger partial charge is 0.324 e. The second-order valence-electron chi connectivity index (χ2n) is 6.78. The second-order valence-corrected chi connectivity index (χ2v) is 6.78. The summed E-state index contributed by atoms with van der Waals surface area (Å²) in [5.74, 6) is -0.476. The lowest BCUT2D eigenvalue weighted by Gasteiger charge is -2.15. The molecule has 3 rings (SSSR count). The van der Waals surface area contributed by atoms with Gasteiger partial charge in [0.15, 0.2) is 5.69 Å². The summed E-state index contributed by atoms with van der Waals surface area (Å²) in [7, 11) is 0. The van der Waals surface area contributed by atoms with E-state index < -0.39 is 6.04 Å². The number of rotatable bonds is 6. The van der Waals surface area contributed by atoms with Crippen LogP contribution in [0.25, 0.3) is 0 Å². The molecule has 0 saturated heterocycles. The molecule has 0 radical (unpaired) electrons. The summed E-state index contributed by atoms with van der Waals surface area (Å²) in [4.78, 5) is 25.1. The minimum absolute atomic E-state index is 0.167. The van der Waals surface area contributed by atoms with Gasteiger partial charge in [0.25, 0.3) is 5.91 Å². The van der Waals surface area contributed by atoms with Crippen molar-refractivity contribution >= 4 is 23.2 Å². The van der Waals surface area contributed by atoms with Gasteiger partial charge in [0.2, 0.25) is 5.91 Å². The van der Waals surface area contributed by atoms with E-state index in [0.29, 0.717) is 12.1 Å². The Morgan fingerprint density at radius 3 is 1.96 bits per heavy atom. The number of aromatic nitrogens is 2. The van der Waals surface area contributed by atoms with Crippen molar-refractivity contribution in [2.75, 3.05) is 10.6 Å². The Hall–Kier alpha value is -3.41. The number of hydrogen-bond donors (Lipinski definition) is 2.